The van der Waals surface area contributed by atoms with Crippen LogP contribution in [-0.4, -0.2) is 14.7 Å². The summed E-state index contributed by atoms with van der Waals surface area (Å²) in [4.78, 5) is 27.0. The summed E-state index contributed by atoms with van der Waals surface area (Å²) in [5, 5.41) is 0. The molecule has 0 spiro atoms. The number of ether oxygens (including phenoxy) is 1. The van der Waals surface area contributed by atoms with E-state index in [9.17, 15) is 9.59 Å². The van der Waals surface area contributed by atoms with Crippen molar-refractivity contribution in [1.82, 2.24) is 9.13 Å². The molecule has 0 fully saturated rings. The third kappa shape index (κ3) is 2.65. The van der Waals surface area contributed by atoms with Crippen LogP contribution in [0.3, 0.4) is 0 Å². The Bertz CT molecular complexity index is 1070. The normalized spacial score (nSPS) is 16.1. The van der Waals surface area contributed by atoms with E-state index in [1.54, 1.807) is 11.6 Å². The minimum absolute atomic E-state index is 0.209. The summed E-state index contributed by atoms with van der Waals surface area (Å²) in [6.07, 6.45) is 0.758. The molecule has 2 aromatic heterocycles. The molecule has 0 atom stereocenters. The Morgan fingerprint density at radius 1 is 1.20 bits per heavy atom. The van der Waals surface area contributed by atoms with Gasteiger partial charge in [0.15, 0.2) is 0 Å². The summed E-state index contributed by atoms with van der Waals surface area (Å²) in [7, 11) is 1.73. The van der Waals surface area contributed by atoms with Gasteiger partial charge in [-0.05, 0) is 19.4 Å². The van der Waals surface area contributed by atoms with Gasteiger partial charge in [0, 0.05) is 23.9 Å². The van der Waals surface area contributed by atoms with E-state index in [1.165, 1.54) is 15.9 Å². The van der Waals surface area contributed by atoms with Gasteiger partial charge in [0.05, 0.1) is 24.3 Å². The van der Waals surface area contributed by atoms with Gasteiger partial charge >= 0.3 is 5.69 Å². The highest BCUT2D eigenvalue weighted by Gasteiger charge is 2.31. The molecule has 3 aromatic rings. The van der Waals surface area contributed by atoms with E-state index in [0.717, 1.165) is 27.9 Å². The fourth-order valence-electron chi connectivity index (χ4n) is 3.39. The minimum atomic E-state index is -0.285. The third-order valence-electron chi connectivity index (χ3n) is 4.73. The van der Waals surface area contributed by atoms with Crippen LogP contribution in [0, 0.1) is 0 Å². The van der Waals surface area contributed by atoms with Gasteiger partial charge in [-0.15, -0.1) is 11.3 Å². The van der Waals surface area contributed by atoms with Crippen LogP contribution in [0.4, 0.5) is 0 Å². The zero-order valence-electron chi connectivity index (χ0n) is 14.5. The van der Waals surface area contributed by atoms with Gasteiger partial charge < -0.3 is 4.74 Å². The Hall–Kier alpha value is -2.18. The van der Waals surface area contributed by atoms with Crippen LogP contribution in [0.25, 0.3) is 10.2 Å². The molecule has 1 aliphatic rings. The first-order valence-corrected chi connectivity index (χ1v) is 9.11. The highest BCUT2D eigenvalue weighted by atomic mass is 32.1. The monoisotopic (exact) mass is 356 g/mol. The molecule has 0 saturated carbocycles. The van der Waals surface area contributed by atoms with E-state index in [2.05, 4.69) is 0 Å². The second kappa shape index (κ2) is 5.68. The maximum Gasteiger partial charge on any atom is 0.331 e. The first kappa shape index (κ1) is 16.3. The van der Waals surface area contributed by atoms with Crippen LogP contribution < -0.4 is 11.2 Å². The second-order valence-electron chi connectivity index (χ2n) is 7.13. The largest absolute Gasteiger partial charge is 0.370 e. The van der Waals surface area contributed by atoms with Gasteiger partial charge in [-0.25, -0.2) is 4.79 Å². The molecule has 0 amide bonds. The zero-order valence-corrected chi connectivity index (χ0v) is 15.4. The van der Waals surface area contributed by atoms with Gasteiger partial charge in [-0.2, -0.15) is 0 Å². The smallest absolute Gasteiger partial charge is 0.331 e. The summed E-state index contributed by atoms with van der Waals surface area (Å²) >= 11 is 1.50. The van der Waals surface area contributed by atoms with Gasteiger partial charge in [0.1, 0.15) is 4.70 Å². The van der Waals surface area contributed by atoms with Crippen molar-refractivity contribution in [3.63, 3.8) is 0 Å². The maximum atomic E-state index is 13.0. The molecule has 0 bridgehead atoms. The molecule has 130 valence electrons. The Kier molecular flexibility index (Phi) is 3.70. The quantitative estimate of drug-likeness (QED) is 0.709. The molecule has 4 rings (SSSR count). The summed E-state index contributed by atoms with van der Waals surface area (Å²) in [6.45, 7) is 4.82. The van der Waals surface area contributed by atoms with Crippen LogP contribution in [0.5, 0.6) is 0 Å². The summed E-state index contributed by atoms with van der Waals surface area (Å²) in [5.41, 5.74) is 1.92. The Morgan fingerprint density at radius 3 is 2.64 bits per heavy atom. The summed E-state index contributed by atoms with van der Waals surface area (Å²) in [5.74, 6) is 0. The molecule has 3 heterocycles. The fourth-order valence-corrected chi connectivity index (χ4v) is 4.89. The first-order valence-electron chi connectivity index (χ1n) is 8.29. The SMILES string of the molecule is Cn1c(=O)n(Cc2ccccc2)c(=O)c2sc3c(c21)COC(C)(C)C3. The molecule has 6 heteroatoms. The molecule has 0 N–H and O–H groups in total. The van der Waals surface area contributed by atoms with Crippen molar-refractivity contribution in [2.75, 3.05) is 0 Å². The van der Waals surface area contributed by atoms with E-state index in [4.69, 9.17) is 4.74 Å². The molecule has 0 radical (unpaired) electrons. The van der Waals surface area contributed by atoms with Gasteiger partial charge in [-0.1, -0.05) is 30.3 Å². The minimum Gasteiger partial charge on any atom is -0.370 e. The number of aryl methyl sites for hydroxylation is 1. The predicted octanol–water partition coefficient (Wildman–Crippen LogP) is 2.66. The number of fused-ring (bicyclic) bond motifs is 3. The molecule has 25 heavy (non-hydrogen) atoms. The van der Waals surface area contributed by atoms with Gasteiger partial charge in [-0.3, -0.25) is 13.9 Å². The van der Waals surface area contributed by atoms with Gasteiger partial charge in [0.25, 0.3) is 5.56 Å². The van der Waals surface area contributed by atoms with Crippen LogP contribution in [0.1, 0.15) is 29.9 Å². The Balaban J connectivity index is 1.93. The van der Waals surface area contributed by atoms with Crippen molar-refractivity contribution in [1.29, 1.82) is 0 Å². The van der Waals surface area contributed by atoms with E-state index < -0.39 is 0 Å². The molecule has 0 unspecified atom stereocenters. The van der Waals surface area contributed by atoms with Crippen molar-refractivity contribution < 1.29 is 4.74 Å². The maximum absolute atomic E-state index is 13.0. The van der Waals surface area contributed by atoms with Crippen molar-refractivity contribution in [2.45, 2.75) is 39.0 Å². The van der Waals surface area contributed by atoms with Crippen LogP contribution in [0.2, 0.25) is 0 Å². The Labute approximate surface area is 149 Å². The lowest BCUT2D eigenvalue weighted by Gasteiger charge is -2.29. The molecule has 1 aliphatic heterocycles. The van der Waals surface area contributed by atoms with Gasteiger partial charge in [0.2, 0.25) is 0 Å². The lowest BCUT2D eigenvalue weighted by molar-refractivity contribution is -0.0384. The second-order valence-corrected chi connectivity index (χ2v) is 8.23. The highest BCUT2D eigenvalue weighted by Crippen LogP contribution is 2.37. The average Bonchev–Trinajstić information content (AvgIpc) is 2.95. The van der Waals surface area contributed by atoms with E-state index in [0.29, 0.717) is 11.3 Å². The molecular formula is C19H20N2O3S. The standard InChI is InChI=1S/C19H20N2O3S/c1-19(2)9-14-13(11-24-19)15-16(25-14)17(22)21(18(23)20(15)3)10-12-7-5-4-6-8-12/h4-8H,9-11H2,1-3H3. The number of hydrogen-bond donors (Lipinski definition) is 0. The molecule has 0 saturated heterocycles. The van der Waals surface area contributed by atoms with E-state index in [-0.39, 0.29) is 23.4 Å². The van der Waals surface area contributed by atoms with Crippen LogP contribution in [0.15, 0.2) is 39.9 Å². The fraction of sp³-hybridized carbons (Fsp3) is 0.368. The average molecular weight is 356 g/mol. The third-order valence-corrected chi connectivity index (χ3v) is 5.94. The number of hydrogen-bond acceptors (Lipinski definition) is 4. The van der Waals surface area contributed by atoms with E-state index in [1.807, 2.05) is 44.2 Å². The lowest BCUT2D eigenvalue weighted by Crippen LogP contribution is -2.39. The number of benzene rings is 1. The molecule has 0 aliphatic carbocycles. The number of thiophene rings is 1. The zero-order chi connectivity index (χ0) is 17.8. The predicted molar refractivity (Wildman–Crippen MR) is 99.4 cm³/mol. The van der Waals surface area contributed by atoms with Crippen LogP contribution in [-0.2, 0) is 31.4 Å². The van der Waals surface area contributed by atoms with Crippen LogP contribution >= 0.6 is 11.3 Å². The number of nitrogens with zero attached hydrogens (tertiary/aromatic N) is 2. The molecular weight excluding hydrogens is 336 g/mol. The van der Waals surface area contributed by atoms with Crippen molar-refractivity contribution in [3.8, 4) is 0 Å². The number of rotatable bonds is 2. The van der Waals surface area contributed by atoms with Crippen molar-refractivity contribution >= 4 is 21.6 Å². The summed E-state index contributed by atoms with van der Waals surface area (Å²) < 4.78 is 9.46. The highest BCUT2D eigenvalue weighted by molar-refractivity contribution is 7.19. The Morgan fingerprint density at radius 2 is 1.92 bits per heavy atom. The van der Waals surface area contributed by atoms with Crippen molar-refractivity contribution in [2.24, 2.45) is 7.05 Å². The molecule has 5 nitrogen and oxygen atoms in total. The number of aromatic nitrogens is 2. The molecule has 1 aromatic carbocycles. The first-order chi connectivity index (χ1) is 11.9. The van der Waals surface area contributed by atoms with Crippen molar-refractivity contribution in [3.05, 3.63) is 67.2 Å². The topological polar surface area (TPSA) is 53.2 Å². The van der Waals surface area contributed by atoms with E-state index >= 15 is 0 Å². The lowest BCUT2D eigenvalue weighted by atomic mass is 9.98. The summed E-state index contributed by atoms with van der Waals surface area (Å²) in [6, 6.07) is 9.58.